The summed E-state index contributed by atoms with van der Waals surface area (Å²) in [5.41, 5.74) is 0.853. The van der Waals surface area contributed by atoms with Gasteiger partial charge in [0.1, 0.15) is 0 Å². The molecule has 6 heteroatoms. The van der Waals surface area contributed by atoms with Crippen molar-refractivity contribution in [2.45, 2.75) is 19.8 Å². The maximum Gasteiger partial charge on any atom is 0.261 e. The highest BCUT2D eigenvalue weighted by molar-refractivity contribution is 9.10. The molecule has 0 saturated heterocycles. The number of amides is 3. The smallest absolute Gasteiger partial charge is 0.261 e. The molecular formula is C15H17BrN2O3. The van der Waals surface area contributed by atoms with Crippen molar-refractivity contribution in [3.8, 4) is 0 Å². The lowest BCUT2D eigenvalue weighted by Crippen LogP contribution is -2.32. The van der Waals surface area contributed by atoms with Gasteiger partial charge in [-0.15, -0.1) is 0 Å². The molecule has 0 spiro atoms. The Labute approximate surface area is 132 Å². The van der Waals surface area contributed by atoms with Crippen LogP contribution in [-0.2, 0) is 4.79 Å². The Morgan fingerprint density at radius 1 is 1.24 bits per heavy atom. The first-order valence-electron chi connectivity index (χ1n) is 6.85. The zero-order chi connectivity index (χ0) is 15.6. The molecule has 1 aliphatic heterocycles. The third kappa shape index (κ3) is 3.15. The molecule has 0 saturated carbocycles. The number of rotatable bonds is 5. The van der Waals surface area contributed by atoms with Gasteiger partial charge in [0.2, 0.25) is 5.91 Å². The van der Waals surface area contributed by atoms with Gasteiger partial charge >= 0.3 is 0 Å². The minimum atomic E-state index is -0.285. The van der Waals surface area contributed by atoms with Gasteiger partial charge in [0.25, 0.3) is 11.8 Å². The molecule has 112 valence electrons. The summed E-state index contributed by atoms with van der Waals surface area (Å²) in [6, 6.07) is 5.05. The van der Waals surface area contributed by atoms with Crippen LogP contribution in [0.4, 0.5) is 0 Å². The second kappa shape index (κ2) is 6.39. The van der Waals surface area contributed by atoms with Gasteiger partial charge in [0.15, 0.2) is 0 Å². The van der Waals surface area contributed by atoms with Gasteiger partial charge in [0, 0.05) is 31.0 Å². The molecule has 1 aromatic rings. The minimum Gasteiger partial charge on any atom is -0.346 e. The summed E-state index contributed by atoms with van der Waals surface area (Å²) < 4.78 is 0.768. The van der Waals surface area contributed by atoms with Gasteiger partial charge in [-0.05, 0) is 31.5 Å². The van der Waals surface area contributed by atoms with Crippen molar-refractivity contribution in [3.05, 3.63) is 33.8 Å². The lowest BCUT2D eigenvalue weighted by Gasteiger charge is -2.16. The SMILES string of the molecule is CCN(C)C(=O)CCCN1C(=O)c2ccc(Br)cc2C1=O. The van der Waals surface area contributed by atoms with Gasteiger partial charge < -0.3 is 4.90 Å². The van der Waals surface area contributed by atoms with E-state index in [0.29, 0.717) is 30.5 Å². The molecule has 0 unspecified atom stereocenters. The first-order chi connectivity index (χ1) is 9.95. The van der Waals surface area contributed by atoms with E-state index in [2.05, 4.69) is 15.9 Å². The highest BCUT2D eigenvalue weighted by Crippen LogP contribution is 2.26. The first-order valence-corrected chi connectivity index (χ1v) is 7.64. The lowest BCUT2D eigenvalue weighted by atomic mass is 10.1. The number of hydrogen-bond donors (Lipinski definition) is 0. The summed E-state index contributed by atoms with van der Waals surface area (Å²) in [7, 11) is 1.74. The number of halogens is 1. The zero-order valence-corrected chi connectivity index (χ0v) is 13.6. The molecule has 0 aliphatic carbocycles. The second-order valence-electron chi connectivity index (χ2n) is 4.96. The fourth-order valence-corrected chi connectivity index (χ4v) is 2.58. The van der Waals surface area contributed by atoms with Gasteiger partial charge in [-0.2, -0.15) is 0 Å². The summed E-state index contributed by atoms with van der Waals surface area (Å²) in [6.07, 6.45) is 0.817. The van der Waals surface area contributed by atoms with Crippen molar-refractivity contribution in [1.29, 1.82) is 0 Å². The van der Waals surface area contributed by atoms with Gasteiger partial charge in [-0.1, -0.05) is 15.9 Å². The summed E-state index contributed by atoms with van der Waals surface area (Å²) in [5, 5.41) is 0. The van der Waals surface area contributed by atoms with Crippen LogP contribution in [0.2, 0.25) is 0 Å². The standard InChI is InChI=1S/C15H17BrN2O3/c1-3-17(2)13(19)5-4-8-18-14(20)11-7-6-10(16)9-12(11)15(18)21/h6-7,9H,3-5,8H2,1-2H3. The number of imide groups is 1. The van der Waals surface area contributed by atoms with E-state index >= 15 is 0 Å². The Balaban J connectivity index is 1.99. The minimum absolute atomic E-state index is 0.0249. The number of hydrogen-bond acceptors (Lipinski definition) is 3. The van der Waals surface area contributed by atoms with Crippen LogP contribution in [0.15, 0.2) is 22.7 Å². The summed E-state index contributed by atoms with van der Waals surface area (Å²) in [5.74, 6) is -0.539. The average molecular weight is 353 g/mol. The van der Waals surface area contributed by atoms with Gasteiger partial charge in [-0.25, -0.2) is 0 Å². The van der Waals surface area contributed by atoms with Crippen LogP contribution in [0, 0.1) is 0 Å². The first kappa shape index (κ1) is 15.7. The fourth-order valence-electron chi connectivity index (χ4n) is 2.22. The largest absolute Gasteiger partial charge is 0.346 e. The van der Waals surface area contributed by atoms with E-state index in [-0.39, 0.29) is 24.3 Å². The molecule has 0 radical (unpaired) electrons. The molecule has 1 heterocycles. The van der Waals surface area contributed by atoms with Crippen LogP contribution in [-0.4, -0.2) is 47.7 Å². The van der Waals surface area contributed by atoms with E-state index in [4.69, 9.17) is 0 Å². The number of fused-ring (bicyclic) bond motifs is 1. The van der Waals surface area contributed by atoms with E-state index in [1.54, 1.807) is 30.1 Å². The molecule has 1 aromatic carbocycles. The molecule has 3 amide bonds. The third-order valence-corrected chi connectivity index (χ3v) is 4.10. The second-order valence-corrected chi connectivity index (χ2v) is 5.88. The molecule has 5 nitrogen and oxygen atoms in total. The van der Waals surface area contributed by atoms with E-state index in [1.807, 2.05) is 6.92 Å². The number of carbonyl (C=O) groups excluding carboxylic acids is 3. The van der Waals surface area contributed by atoms with Gasteiger partial charge in [0.05, 0.1) is 11.1 Å². The molecule has 0 bridgehead atoms. The number of nitrogens with zero attached hydrogens (tertiary/aromatic N) is 2. The number of carbonyl (C=O) groups is 3. The van der Waals surface area contributed by atoms with E-state index in [9.17, 15) is 14.4 Å². The van der Waals surface area contributed by atoms with Crippen LogP contribution in [0.25, 0.3) is 0 Å². The molecule has 0 atom stereocenters. The fraction of sp³-hybridized carbons (Fsp3) is 0.400. The molecule has 2 rings (SSSR count). The Hall–Kier alpha value is -1.69. The van der Waals surface area contributed by atoms with Crippen molar-refractivity contribution in [2.75, 3.05) is 20.1 Å². The molecular weight excluding hydrogens is 336 g/mol. The molecule has 21 heavy (non-hydrogen) atoms. The molecule has 0 fully saturated rings. The third-order valence-electron chi connectivity index (χ3n) is 3.61. The normalized spacial score (nSPS) is 13.6. The number of benzene rings is 1. The van der Waals surface area contributed by atoms with Crippen molar-refractivity contribution in [2.24, 2.45) is 0 Å². The maximum absolute atomic E-state index is 12.2. The molecule has 0 aromatic heterocycles. The summed E-state index contributed by atoms with van der Waals surface area (Å²) in [6.45, 7) is 2.83. The predicted molar refractivity (Wildman–Crippen MR) is 82.1 cm³/mol. The topological polar surface area (TPSA) is 57.7 Å². The van der Waals surface area contributed by atoms with E-state index in [0.717, 1.165) is 4.47 Å². The maximum atomic E-state index is 12.2. The average Bonchev–Trinajstić information content (AvgIpc) is 2.70. The van der Waals surface area contributed by atoms with E-state index in [1.165, 1.54) is 4.90 Å². The van der Waals surface area contributed by atoms with Crippen molar-refractivity contribution >= 4 is 33.7 Å². The zero-order valence-electron chi connectivity index (χ0n) is 12.1. The summed E-state index contributed by atoms with van der Waals surface area (Å²) in [4.78, 5) is 38.9. The van der Waals surface area contributed by atoms with Crippen LogP contribution in [0.5, 0.6) is 0 Å². The Kier molecular flexibility index (Phi) is 4.77. The predicted octanol–water partition coefficient (Wildman–Crippen LogP) is 2.30. The van der Waals surface area contributed by atoms with Crippen LogP contribution in [0.1, 0.15) is 40.5 Å². The van der Waals surface area contributed by atoms with Crippen LogP contribution < -0.4 is 0 Å². The summed E-state index contributed by atoms with van der Waals surface area (Å²) >= 11 is 3.30. The van der Waals surface area contributed by atoms with Crippen molar-refractivity contribution in [1.82, 2.24) is 9.80 Å². The quantitative estimate of drug-likeness (QED) is 0.764. The Morgan fingerprint density at radius 2 is 1.90 bits per heavy atom. The monoisotopic (exact) mass is 352 g/mol. The highest BCUT2D eigenvalue weighted by atomic mass is 79.9. The van der Waals surface area contributed by atoms with Crippen LogP contribution in [0.3, 0.4) is 0 Å². The lowest BCUT2D eigenvalue weighted by molar-refractivity contribution is -0.129. The van der Waals surface area contributed by atoms with E-state index < -0.39 is 0 Å². The van der Waals surface area contributed by atoms with Crippen molar-refractivity contribution < 1.29 is 14.4 Å². The molecule has 0 N–H and O–H groups in total. The highest BCUT2D eigenvalue weighted by Gasteiger charge is 2.35. The van der Waals surface area contributed by atoms with Crippen molar-refractivity contribution in [3.63, 3.8) is 0 Å². The van der Waals surface area contributed by atoms with Crippen LogP contribution >= 0.6 is 15.9 Å². The Bertz CT molecular complexity index is 601. The van der Waals surface area contributed by atoms with Gasteiger partial charge in [-0.3, -0.25) is 19.3 Å². The Morgan fingerprint density at radius 3 is 2.57 bits per heavy atom. The molecule has 1 aliphatic rings.